The monoisotopic (exact) mass is 311 g/mol. The Morgan fingerprint density at radius 3 is 2.17 bits per heavy atom. The van der Waals surface area contributed by atoms with Gasteiger partial charge in [0.25, 0.3) is 5.91 Å². The van der Waals surface area contributed by atoms with Crippen molar-refractivity contribution in [1.29, 1.82) is 0 Å². The fourth-order valence-electron chi connectivity index (χ4n) is 2.63. The molecule has 0 radical (unpaired) electrons. The van der Waals surface area contributed by atoms with Crippen LogP contribution in [0.3, 0.4) is 0 Å². The Labute approximate surface area is 138 Å². The summed E-state index contributed by atoms with van der Waals surface area (Å²) in [6, 6.07) is 18.0. The van der Waals surface area contributed by atoms with Gasteiger partial charge in [0, 0.05) is 18.7 Å². The zero-order valence-electron chi connectivity index (χ0n) is 14.2. The average molecular weight is 311 g/mol. The van der Waals surface area contributed by atoms with Crippen molar-refractivity contribution in [2.45, 2.75) is 33.3 Å². The van der Waals surface area contributed by atoms with Gasteiger partial charge in [-0.3, -0.25) is 4.79 Å². The average Bonchev–Trinajstić information content (AvgIpc) is 2.61. The molecule has 0 fully saturated rings. The molecule has 0 spiro atoms. The first-order chi connectivity index (χ1) is 11.2. The van der Waals surface area contributed by atoms with Crippen LogP contribution in [-0.2, 0) is 4.79 Å². The van der Waals surface area contributed by atoms with Crippen molar-refractivity contribution in [2.24, 2.45) is 0 Å². The van der Waals surface area contributed by atoms with E-state index < -0.39 is 6.10 Å². The van der Waals surface area contributed by atoms with E-state index in [0.717, 1.165) is 16.9 Å². The predicted octanol–water partition coefficient (Wildman–Crippen LogP) is 4.38. The third kappa shape index (κ3) is 4.13. The molecule has 3 nitrogen and oxygen atoms in total. The van der Waals surface area contributed by atoms with Crippen LogP contribution in [-0.4, -0.2) is 30.0 Å². The summed E-state index contributed by atoms with van der Waals surface area (Å²) < 4.78 is 6.10. The molecule has 0 aliphatic rings. The molecule has 0 unspecified atom stereocenters. The van der Waals surface area contributed by atoms with E-state index in [-0.39, 0.29) is 5.91 Å². The van der Waals surface area contributed by atoms with E-state index in [4.69, 9.17) is 4.74 Å². The van der Waals surface area contributed by atoms with Gasteiger partial charge in [0.05, 0.1) is 0 Å². The van der Waals surface area contributed by atoms with Gasteiger partial charge in [-0.25, -0.2) is 0 Å². The second-order valence-electron chi connectivity index (χ2n) is 5.39. The molecule has 23 heavy (non-hydrogen) atoms. The Kier molecular flexibility index (Phi) is 6.21. The summed E-state index contributed by atoms with van der Waals surface area (Å²) in [5.74, 6) is 0.812. The zero-order chi connectivity index (χ0) is 16.7. The molecule has 0 heterocycles. The molecule has 122 valence electrons. The molecule has 0 saturated heterocycles. The fraction of sp³-hybridized carbons (Fsp3) is 0.350. The van der Waals surface area contributed by atoms with Crippen molar-refractivity contribution in [1.82, 2.24) is 4.90 Å². The largest absolute Gasteiger partial charge is 0.480 e. The lowest BCUT2D eigenvalue weighted by molar-refractivity contribution is -0.138. The highest BCUT2D eigenvalue weighted by molar-refractivity contribution is 5.81. The maximum atomic E-state index is 12.6. The minimum Gasteiger partial charge on any atom is -0.480 e. The van der Waals surface area contributed by atoms with Gasteiger partial charge in [-0.05, 0) is 31.9 Å². The quantitative estimate of drug-likeness (QED) is 0.759. The zero-order valence-corrected chi connectivity index (χ0v) is 14.2. The number of carbonyl (C=O) groups is 1. The molecule has 0 aliphatic heterocycles. The van der Waals surface area contributed by atoms with E-state index in [1.807, 2.05) is 68.1 Å². The molecule has 0 aromatic heterocycles. The normalized spacial score (nSPS) is 11.8. The number of likely N-dealkylation sites (N-methyl/N-ethyl adjacent to an activating group) is 1. The first-order valence-electron chi connectivity index (χ1n) is 8.31. The second kappa shape index (κ2) is 8.37. The third-order valence-corrected chi connectivity index (χ3v) is 3.96. The van der Waals surface area contributed by atoms with Crippen LogP contribution < -0.4 is 4.74 Å². The first kappa shape index (κ1) is 17.1. The van der Waals surface area contributed by atoms with Gasteiger partial charge < -0.3 is 9.64 Å². The van der Waals surface area contributed by atoms with Crippen LogP contribution in [0.5, 0.6) is 5.75 Å². The number of ether oxygens (including phenoxy) is 1. The van der Waals surface area contributed by atoms with Crippen molar-refractivity contribution in [3.8, 4) is 16.9 Å². The third-order valence-electron chi connectivity index (χ3n) is 3.96. The number of rotatable bonds is 7. The van der Waals surface area contributed by atoms with Crippen molar-refractivity contribution in [3.05, 3.63) is 54.6 Å². The molecule has 2 aromatic carbocycles. The van der Waals surface area contributed by atoms with Gasteiger partial charge in [0.1, 0.15) is 5.75 Å². The van der Waals surface area contributed by atoms with Crippen LogP contribution >= 0.6 is 0 Å². The molecular weight excluding hydrogens is 286 g/mol. The molecule has 0 saturated carbocycles. The Hall–Kier alpha value is -2.29. The predicted molar refractivity (Wildman–Crippen MR) is 94.5 cm³/mol. The van der Waals surface area contributed by atoms with Crippen molar-refractivity contribution < 1.29 is 9.53 Å². The molecule has 0 N–H and O–H groups in total. The molecule has 0 bridgehead atoms. The first-order valence-corrected chi connectivity index (χ1v) is 8.31. The maximum absolute atomic E-state index is 12.6. The number of carbonyl (C=O) groups excluding carboxylic acids is 1. The SMILES string of the molecule is CC[C@@H](Oc1ccccc1-c1ccccc1)C(=O)N(CC)CC. The number of hydrogen-bond acceptors (Lipinski definition) is 2. The molecule has 0 aliphatic carbocycles. The molecule has 1 atom stereocenters. The van der Waals surface area contributed by atoms with Crippen molar-refractivity contribution in [3.63, 3.8) is 0 Å². The number of hydrogen-bond donors (Lipinski definition) is 0. The lowest BCUT2D eigenvalue weighted by Gasteiger charge is -2.25. The highest BCUT2D eigenvalue weighted by Gasteiger charge is 2.23. The number of para-hydroxylation sites is 1. The van der Waals surface area contributed by atoms with E-state index in [1.54, 1.807) is 0 Å². The summed E-state index contributed by atoms with van der Waals surface area (Å²) in [5.41, 5.74) is 2.10. The summed E-state index contributed by atoms with van der Waals surface area (Å²) in [6.07, 6.45) is 0.207. The number of amides is 1. The lowest BCUT2D eigenvalue weighted by atomic mass is 10.0. The van der Waals surface area contributed by atoms with Crippen molar-refractivity contribution >= 4 is 5.91 Å². The lowest BCUT2D eigenvalue weighted by Crippen LogP contribution is -2.41. The second-order valence-corrected chi connectivity index (χ2v) is 5.39. The van der Waals surface area contributed by atoms with E-state index >= 15 is 0 Å². The minimum atomic E-state index is -0.445. The number of benzene rings is 2. The van der Waals surface area contributed by atoms with Gasteiger partial charge in [-0.2, -0.15) is 0 Å². The Balaban J connectivity index is 2.27. The van der Waals surface area contributed by atoms with Gasteiger partial charge in [0.2, 0.25) is 0 Å². The van der Waals surface area contributed by atoms with Crippen LogP contribution in [0, 0.1) is 0 Å². The highest BCUT2D eigenvalue weighted by Crippen LogP contribution is 2.30. The van der Waals surface area contributed by atoms with Crippen LogP contribution in [0.15, 0.2) is 54.6 Å². The number of nitrogens with zero attached hydrogens (tertiary/aromatic N) is 1. The summed E-state index contributed by atoms with van der Waals surface area (Å²) in [6.45, 7) is 7.38. The van der Waals surface area contributed by atoms with Crippen LogP contribution in [0.4, 0.5) is 0 Å². The van der Waals surface area contributed by atoms with Gasteiger partial charge in [0.15, 0.2) is 6.10 Å². The van der Waals surface area contributed by atoms with Crippen LogP contribution in [0.25, 0.3) is 11.1 Å². The summed E-state index contributed by atoms with van der Waals surface area (Å²) >= 11 is 0. The van der Waals surface area contributed by atoms with E-state index in [2.05, 4.69) is 12.1 Å². The molecule has 2 aromatic rings. The van der Waals surface area contributed by atoms with Crippen molar-refractivity contribution in [2.75, 3.05) is 13.1 Å². The van der Waals surface area contributed by atoms with Gasteiger partial charge in [-0.15, -0.1) is 0 Å². The Morgan fingerprint density at radius 2 is 1.57 bits per heavy atom. The summed E-state index contributed by atoms with van der Waals surface area (Å²) in [5, 5.41) is 0. The molecule has 2 rings (SSSR count). The van der Waals surface area contributed by atoms with E-state index in [9.17, 15) is 4.79 Å². The standard InChI is InChI=1S/C20H25NO2/c1-4-18(20(22)21(5-2)6-3)23-19-15-11-10-14-17(19)16-12-8-7-9-13-16/h7-15,18H,4-6H2,1-3H3/t18-/m1/s1. The molecule has 3 heteroatoms. The Morgan fingerprint density at radius 1 is 0.957 bits per heavy atom. The fourth-order valence-corrected chi connectivity index (χ4v) is 2.63. The minimum absolute atomic E-state index is 0.0559. The van der Waals surface area contributed by atoms with E-state index in [0.29, 0.717) is 19.5 Å². The molecule has 1 amide bonds. The van der Waals surface area contributed by atoms with E-state index in [1.165, 1.54) is 0 Å². The van der Waals surface area contributed by atoms with Gasteiger partial charge in [-0.1, -0.05) is 55.5 Å². The highest BCUT2D eigenvalue weighted by atomic mass is 16.5. The summed E-state index contributed by atoms with van der Waals surface area (Å²) in [7, 11) is 0. The van der Waals surface area contributed by atoms with Gasteiger partial charge >= 0.3 is 0 Å². The van der Waals surface area contributed by atoms with Crippen LogP contribution in [0.1, 0.15) is 27.2 Å². The molecular formula is C20H25NO2. The summed E-state index contributed by atoms with van der Waals surface area (Å²) in [4.78, 5) is 14.4. The van der Waals surface area contributed by atoms with Crippen LogP contribution in [0.2, 0.25) is 0 Å². The Bertz CT molecular complexity index is 621. The maximum Gasteiger partial charge on any atom is 0.263 e. The topological polar surface area (TPSA) is 29.5 Å². The smallest absolute Gasteiger partial charge is 0.263 e.